The molecule has 0 aliphatic carbocycles. The minimum atomic E-state index is -0.945. The highest BCUT2D eigenvalue weighted by Crippen LogP contribution is 2.02. The molecular weight excluding hydrogens is 226 g/mol. The predicted molar refractivity (Wildman–Crippen MR) is 58.8 cm³/mol. The molecule has 0 aliphatic heterocycles. The number of rotatable bonds is 7. The van der Waals surface area contributed by atoms with E-state index >= 15 is 0 Å². The van der Waals surface area contributed by atoms with Crippen LogP contribution in [0.1, 0.15) is 33.6 Å². The monoisotopic (exact) mass is 246 g/mol. The highest BCUT2D eigenvalue weighted by Gasteiger charge is 2.20. The second kappa shape index (κ2) is 7.78. The van der Waals surface area contributed by atoms with Crippen molar-refractivity contribution in [3.63, 3.8) is 0 Å². The van der Waals surface area contributed by atoms with Gasteiger partial charge in [0.05, 0.1) is 12.5 Å². The van der Waals surface area contributed by atoms with Gasteiger partial charge in [-0.2, -0.15) is 0 Å². The first kappa shape index (κ1) is 15.6. The van der Waals surface area contributed by atoms with Crippen molar-refractivity contribution in [1.29, 1.82) is 0 Å². The van der Waals surface area contributed by atoms with Crippen LogP contribution < -0.4 is 5.73 Å². The molecule has 1 unspecified atom stereocenters. The van der Waals surface area contributed by atoms with Crippen LogP contribution in [0.5, 0.6) is 0 Å². The van der Waals surface area contributed by atoms with Gasteiger partial charge >= 0.3 is 11.9 Å². The van der Waals surface area contributed by atoms with Gasteiger partial charge in [0.25, 0.3) is 0 Å². The Morgan fingerprint density at radius 2 is 1.65 bits per heavy atom. The quantitative estimate of drug-likeness (QED) is 0.608. The van der Waals surface area contributed by atoms with E-state index in [-0.39, 0.29) is 31.3 Å². The fourth-order valence-electron chi connectivity index (χ4n) is 0.999. The van der Waals surface area contributed by atoms with Crippen molar-refractivity contribution in [3.05, 3.63) is 0 Å². The Morgan fingerprint density at radius 3 is 2.12 bits per heavy atom. The Morgan fingerprint density at radius 1 is 1.06 bits per heavy atom. The zero-order valence-corrected chi connectivity index (χ0v) is 10.5. The van der Waals surface area contributed by atoms with Gasteiger partial charge in [0, 0.05) is 6.42 Å². The molecule has 1 atom stereocenters. The van der Waals surface area contributed by atoms with Gasteiger partial charge in [0.1, 0.15) is 6.54 Å². The van der Waals surface area contributed by atoms with Crippen LogP contribution in [0.25, 0.3) is 0 Å². The van der Waals surface area contributed by atoms with Gasteiger partial charge in [-0.25, -0.2) is 4.79 Å². The summed E-state index contributed by atoms with van der Waals surface area (Å²) >= 11 is 0. The maximum Gasteiger partial charge on any atom is 0.347 e. The molecule has 0 rings (SSSR count). The summed E-state index contributed by atoms with van der Waals surface area (Å²) in [6.07, 6.45) is -1.14. The normalized spacial score (nSPS) is 12.1. The summed E-state index contributed by atoms with van der Waals surface area (Å²) in [5, 5.41) is 0. The predicted octanol–water partition coefficient (Wildman–Crippen LogP) is -0.539. The minimum Gasteiger partial charge on any atom is -0.460 e. The van der Waals surface area contributed by atoms with Crippen LogP contribution in [0.3, 0.4) is 0 Å². The Labute approximate surface area is 100 Å². The molecule has 0 amide bonds. The first-order valence-corrected chi connectivity index (χ1v) is 5.57. The molecule has 0 radical (unpaired) electrons. The number of quaternary nitrogens is 1. The Kier molecular flexibility index (Phi) is 7.13. The average Bonchev–Trinajstić information content (AvgIpc) is 2.24. The fourth-order valence-corrected chi connectivity index (χ4v) is 0.999. The van der Waals surface area contributed by atoms with Gasteiger partial charge in [0.2, 0.25) is 0 Å². The van der Waals surface area contributed by atoms with E-state index in [1.54, 1.807) is 13.8 Å². The van der Waals surface area contributed by atoms with Crippen LogP contribution in [-0.2, 0) is 23.9 Å². The lowest BCUT2D eigenvalue weighted by Gasteiger charge is -2.14. The van der Waals surface area contributed by atoms with Crippen molar-refractivity contribution >= 4 is 17.7 Å². The molecule has 0 aromatic rings. The van der Waals surface area contributed by atoms with Gasteiger partial charge in [-0.05, 0) is 20.8 Å². The average molecular weight is 246 g/mol. The number of hydrogen-bond acceptors (Lipinski definition) is 5. The number of esters is 2. The lowest BCUT2D eigenvalue weighted by molar-refractivity contribution is -0.354. The van der Waals surface area contributed by atoms with Crippen molar-refractivity contribution in [1.82, 2.24) is 0 Å². The van der Waals surface area contributed by atoms with Gasteiger partial charge in [-0.1, -0.05) is 0 Å². The second-order valence-electron chi connectivity index (χ2n) is 3.91. The van der Waals surface area contributed by atoms with E-state index in [0.29, 0.717) is 0 Å². The molecular formula is C11H20NO5+. The highest BCUT2D eigenvalue weighted by atomic mass is 16.6. The molecule has 0 saturated carbocycles. The number of carbonyl (C=O) groups excluding carboxylic acids is 3. The van der Waals surface area contributed by atoms with Gasteiger partial charge < -0.3 is 15.2 Å². The highest BCUT2D eigenvalue weighted by molar-refractivity contribution is 5.84. The largest absolute Gasteiger partial charge is 0.460 e. The van der Waals surface area contributed by atoms with Gasteiger partial charge in [0.15, 0.2) is 11.9 Å². The van der Waals surface area contributed by atoms with E-state index < -0.39 is 18.0 Å². The summed E-state index contributed by atoms with van der Waals surface area (Å²) in [7, 11) is 0. The summed E-state index contributed by atoms with van der Waals surface area (Å²) in [4.78, 5) is 33.5. The summed E-state index contributed by atoms with van der Waals surface area (Å²) in [6, 6.07) is 0. The van der Waals surface area contributed by atoms with Crippen LogP contribution in [-0.4, -0.2) is 36.5 Å². The maximum absolute atomic E-state index is 11.3. The van der Waals surface area contributed by atoms with Crippen molar-refractivity contribution in [2.45, 2.75) is 45.8 Å². The first-order valence-electron chi connectivity index (χ1n) is 5.57. The standard InChI is InChI=1S/C11H19NO5/c1-7(2)16-11(15)8(3)17-10(14)5-4-9(13)6-12/h7-8H,4-6,12H2,1-3H3/p+1. The molecule has 0 aliphatic rings. The van der Waals surface area contributed by atoms with Crippen LogP contribution >= 0.6 is 0 Å². The first-order chi connectivity index (χ1) is 7.86. The van der Waals surface area contributed by atoms with Crippen LogP contribution in [0, 0.1) is 0 Å². The minimum absolute atomic E-state index is 0.0341. The number of ether oxygens (including phenoxy) is 2. The summed E-state index contributed by atoms with van der Waals surface area (Å²) in [5.41, 5.74) is 3.41. The topological polar surface area (TPSA) is 97.3 Å². The molecule has 0 heterocycles. The summed E-state index contributed by atoms with van der Waals surface area (Å²) in [6.45, 7) is 5.00. The van der Waals surface area contributed by atoms with Gasteiger partial charge in [-0.15, -0.1) is 0 Å². The third-order valence-electron chi connectivity index (χ3n) is 1.88. The fraction of sp³-hybridized carbons (Fsp3) is 0.727. The maximum atomic E-state index is 11.3. The van der Waals surface area contributed by atoms with Crippen molar-refractivity contribution < 1.29 is 29.6 Å². The molecule has 0 saturated heterocycles. The molecule has 6 nitrogen and oxygen atoms in total. The summed E-state index contributed by atoms with van der Waals surface area (Å²) < 4.78 is 9.69. The lowest BCUT2D eigenvalue weighted by atomic mass is 10.2. The zero-order valence-electron chi connectivity index (χ0n) is 10.5. The molecule has 0 fully saturated rings. The molecule has 0 aromatic carbocycles. The Hall–Kier alpha value is -1.43. The molecule has 17 heavy (non-hydrogen) atoms. The number of Topliss-reactive ketones (excluding diaryl/α,β-unsaturated/α-hetero) is 1. The Balaban J connectivity index is 3.95. The SMILES string of the molecule is CC(C)OC(=O)C(C)OC(=O)CCC(=O)C[NH3+]. The zero-order chi connectivity index (χ0) is 13.4. The van der Waals surface area contributed by atoms with Crippen LogP contribution in [0.4, 0.5) is 0 Å². The Bertz CT molecular complexity index is 288. The summed E-state index contributed by atoms with van der Waals surface area (Å²) in [5.74, 6) is -1.28. The lowest BCUT2D eigenvalue weighted by Crippen LogP contribution is -2.54. The van der Waals surface area contributed by atoms with Crippen LogP contribution in [0.15, 0.2) is 0 Å². The van der Waals surface area contributed by atoms with E-state index in [1.807, 2.05) is 0 Å². The molecule has 3 N–H and O–H groups in total. The smallest absolute Gasteiger partial charge is 0.347 e. The second-order valence-corrected chi connectivity index (χ2v) is 3.91. The number of carbonyl (C=O) groups is 3. The number of ketones is 1. The van der Waals surface area contributed by atoms with Crippen LogP contribution in [0.2, 0.25) is 0 Å². The van der Waals surface area contributed by atoms with E-state index in [1.165, 1.54) is 6.92 Å². The number of hydrogen-bond donors (Lipinski definition) is 1. The van der Waals surface area contributed by atoms with Crippen molar-refractivity contribution in [2.75, 3.05) is 6.54 Å². The van der Waals surface area contributed by atoms with E-state index in [9.17, 15) is 14.4 Å². The van der Waals surface area contributed by atoms with Gasteiger partial charge in [-0.3, -0.25) is 9.59 Å². The van der Waals surface area contributed by atoms with E-state index in [0.717, 1.165) is 0 Å². The van der Waals surface area contributed by atoms with E-state index in [4.69, 9.17) is 9.47 Å². The van der Waals surface area contributed by atoms with Crippen molar-refractivity contribution in [3.8, 4) is 0 Å². The molecule has 0 bridgehead atoms. The molecule has 98 valence electrons. The third kappa shape index (κ3) is 7.46. The molecule has 6 heteroatoms. The molecule has 0 aromatic heterocycles. The van der Waals surface area contributed by atoms with E-state index in [2.05, 4.69) is 5.73 Å². The molecule has 0 spiro atoms. The van der Waals surface area contributed by atoms with Crippen molar-refractivity contribution in [2.24, 2.45) is 0 Å². The third-order valence-corrected chi connectivity index (χ3v) is 1.88.